The van der Waals surface area contributed by atoms with E-state index in [0.29, 0.717) is 24.7 Å². The molecule has 1 spiro atoms. The van der Waals surface area contributed by atoms with Gasteiger partial charge in [0.2, 0.25) is 5.91 Å². The average molecular weight is 408 g/mol. The van der Waals surface area contributed by atoms with Gasteiger partial charge in [0, 0.05) is 44.8 Å². The molecule has 2 aromatic heterocycles. The van der Waals surface area contributed by atoms with E-state index in [1.165, 1.54) is 12.0 Å². The maximum absolute atomic E-state index is 13.5. The number of hydrogen-bond donors (Lipinski definition) is 0. The van der Waals surface area contributed by atoms with E-state index in [0.717, 1.165) is 38.5 Å². The first-order valence-corrected chi connectivity index (χ1v) is 11.1. The summed E-state index contributed by atoms with van der Waals surface area (Å²) in [5, 5.41) is 4.11. The van der Waals surface area contributed by atoms with E-state index in [4.69, 9.17) is 0 Å². The second-order valence-electron chi connectivity index (χ2n) is 8.98. The van der Waals surface area contributed by atoms with Crippen LogP contribution in [0.5, 0.6) is 0 Å². The van der Waals surface area contributed by atoms with Gasteiger partial charge < -0.3 is 9.80 Å². The van der Waals surface area contributed by atoms with Gasteiger partial charge in [0.15, 0.2) is 0 Å². The molecule has 0 aromatic carbocycles. The number of pyridine rings is 1. The van der Waals surface area contributed by atoms with E-state index in [9.17, 15) is 9.59 Å². The second-order valence-corrected chi connectivity index (χ2v) is 8.98. The molecule has 5 rings (SSSR count). The molecule has 0 radical (unpaired) electrons. The van der Waals surface area contributed by atoms with Crippen molar-refractivity contribution in [2.24, 2.45) is 12.5 Å². The first kappa shape index (κ1) is 19.3. The Balaban J connectivity index is 1.33. The van der Waals surface area contributed by atoms with Crippen molar-refractivity contribution >= 4 is 11.8 Å². The molecule has 158 valence electrons. The van der Waals surface area contributed by atoms with Crippen LogP contribution in [0.1, 0.15) is 67.0 Å². The fourth-order valence-corrected chi connectivity index (χ4v) is 5.86. The number of amides is 2. The quantitative estimate of drug-likeness (QED) is 0.734. The van der Waals surface area contributed by atoms with E-state index in [2.05, 4.69) is 27.1 Å². The summed E-state index contributed by atoms with van der Waals surface area (Å²) in [6.07, 6.45) is 12.5. The predicted molar refractivity (Wildman–Crippen MR) is 111 cm³/mol. The van der Waals surface area contributed by atoms with E-state index < -0.39 is 0 Å². The zero-order valence-electron chi connectivity index (χ0n) is 17.5. The van der Waals surface area contributed by atoms with Gasteiger partial charge in [0.1, 0.15) is 5.69 Å². The summed E-state index contributed by atoms with van der Waals surface area (Å²) in [4.78, 5) is 34.5. The van der Waals surface area contributed by atoms with Crippen LogP contribution in [-0.4, -0.2) is 55.5 Å². The summed E-state index contributed by atoms with van der Waals surface area (Å²) in [5.41, 5.74) is 1.60. The van der Waals surface area contributed by atoms with Gasteiger partial charge in [-0.15, -0.1) is 0 Å². The predicted octanol–water partition coefficient (Wildman–Crippen LogP) is 2.95. The summed E-state index contributed by atoms with van der Waals surface area (Å²) < 4.78 is 1.62. The number of aromatic nitrogens is 3. The van der Waals surface area contributed by atoms with Gasteiger partial charge in [0.25, 0.3) is 5.91 Å². The molecule has 3 fully saturated rings. The maximum Gasteiger partial charge on any atom is 0.272 e. The minimum absolute atomic E-state index is 0.0258. The lowest BCUT2D eigenvalue weighted by Gasteiger charge is -2.61. The highest BCUT2D eigenvalue weighted by molar-refractivity contribution is 5.93. The summed E-state index contributed by atoms with van der Waals surface area (Å²) in [7, 11) is 1.79. The van der Waals surface area contributed by atoms with Gasteiger partial charge in [-0.1, -0.05) is 19.3 Å². The normalized spacial score (nSPS) is 24.2. The minimum atomic E-state index is -0.221. The van der Waals surface area contributed by atoms with E-state index >= 15 is 0 Å². The van der Waals surface area contributed by atoms with Gasteiger partial charge in [-0.3, -0.25) is 19.3 Å². The fraction of sp³-hybridized carbons (Fsp3) is 0.565. The highest BCUT2D eigenvalue weighted by atomic mass is 16.2. The van der Waals surface area contributed by atoms with E-state index in [1.807, 2.05) is 17.3 Å². The minimum Gasteiger partial charge on any atom is -0.337 e. The van der Waals surface area contributed by atoms with Gasteiger partial charge in [0.05, 0.1) is 11.5 Å². The number of likely N-dealkylation sites (tertiary alicyclic amines) is 2. The van der Waals surface area contributed by atoms with Gasteiger partial charge in [-0.2, -0.15) is 5.10 Å². The monoisotopic (exact) mass is 407 g/mol. The summed E-state index contributed by atoms with van der Waals surface area (Å²) >= 11 is 0. The summed E-state index contributed by atoms with van der Waals surface area (Å²) in [6.45, 7) is 1.35. The maximum atomic E-state index is 13.5. The molecule has 7 heteroatoms. The number of piperidine rings is 1. The largest absolute Gasteiger partial charge is 0.337 e. The van der Waals surface area contributed by atoms with E-state index in [1.54, 1.807) is 24.0 Å². The van der Waals surface area contributed by atoms with Crippen LogP contribution in [0.15, 0.2) is 36.8 Å². The molecule has 4 heterocycles. The Bertz CT molecular complexity index is 926. The van der Waals surface area contributed by atoms with Crippen LogP contribution in [-0.2, 0) is 11.8 Å². The third-order valence-corrected chi connectivity index (χ3v) is 7.41. The van der Waals surface area contributed by atoms with Crippen molar-refractivity contribution < 1.29 is 9.59 Å². The number of rotatable bonds is 3. The molecule has 2 aromatic rings. The lowest BCUT2D eigenvalue weighted by Crippen LogP contribution is -2.67. The molecule has 1 aliphatic carbocycles. The molecule has 0 bridgehead atoms. The summed E-state index contributed by atoms with van der Waals surface area (Å²) in [5.74, 6) is 0.359. The number of carbonyl (C=O) groups excluding carboxylic acids is 2. The van der Waals surface area contributed by atoms with Crippen LogP contribution >= 0.6 is 0 Å². The van der Waals surface area contributed by atoms with Crippen LogP contribution < -0.4 is 0 Å². The Hall–Kier alpha value is -2.70. The number of β-lactam (4-membered cyclic amide) rings is 1. The van der Waals surface area contributed by atoms with Crippen molar-refractivity contribution in [3.8, 4) is 0 Å². The Morgan fingerprint density at radius 2 is 1.73 bits per heavy atom. The van der Waals surface area contributed by atoms with Crippen molar-refractivity contribution in [3.63, 3.8) is 0 Å². The smallest absolute Gasteiger partial charge is 0.272 e. The molecular formula is C23H29N5O2. The molecule has 1 saturated carbocycles. The zero-order valence-corrected chi connectivity index (χ0v) is 17.5. The standard InChI is InChI=1S/C23H29N5O2/c1-26-19(7-14-25-26)21(29)27-15-8-18(9-16-27)28-20(17-5-12-24-13-6-17)23(22(28)30)10-3-2-4-11-23/h5-7,12-14,18,20H,2-4,8-11,15-16H2,1H3. The van der Waals surface area contributed by atoms with Gasteiger partial charge in [-0.25, -0.2) is 0 Å². The van der Waals surface area contributed by atoms with Gasteiger partial charge in [-0.05, 0) is 49.4 Å². The SMILES string of the molecule is Cn1nccc1C(=O)N1CCC(N2C(=O)C3(CCCCC3)C2c2ccncc2)CC1. The van der Waals surface area contributed by atoms with Crippen LogP contribution in [0.25, 0.3) is 0 Å². The van der Waals surface area contributed by atoms with Gasteiger partial charge >= 0.3 is 0 Å². The average Bonchev–Trinajstić information content (AvgIpc) is 3.23. The van der Waals surface area contributed by atoms with Crippen molar-refractivity contribution in [2.45, 2.75) is 57.0 Å². The molecule has 7 nitrogen and oxygen atoms in total. The molecule has 2 amide bonds. The Kier molecular flexibility index (Phi) is 4.83. The van der Waals surface area contributed by atoms with E-state index in [-0.39, 0.29) is 23.4 Å². The Morgan fingerprint density at radius 1 is 1.03 bits per heavy atom. The Labute approximate surface area is 177 Å². The van der Waals surface area contributed by atoms with Crippen LogP contribution in [0.4, 0.5) is 0 Å². The summed E-state index contributed by atoms with van der Waals surface area (Å²) in [6, 6.07) is 6.25. The van der Waals surface area contributed by atoms with Crippen molar-refractivity contribution in [3.05, 3.63) is 48.0 Å². The third-order valence-electron chi connectivity index (χ3n) is 7.41. The fourth-order valence-electron chi connectivity index (χ4n) is 5.86. The van der Waals surface area contributed by atoms with Crippen molar-refractivity contribution in [2.75, 3.05) is 13.1 Å². The second kappa shape index (κ2) is 7.52. The molecule has 0 N–H and O–H groups in total. The lowest BCUT2D eigenvalue weighted by molar-refractivity contribution is -0.186. The lowest BCUT2D eigenvalue weighted by atomic mass is 9.59. The third kappa shape index (κ3) is 2.94. The molecule has 1 atom stereocenters. The highest BCUT2D eigenvalue weighted by Crippen LogP contribution is 2.59. The van der Waals surface area contributed by atoms with Crippen molar-refractivity contribution in [1.82, 2.24) is 24.6 Å². The van der Waals surface area contributed by atoms with Crippen LogP contribution in [0.2, 0.25) is 0 Å². The molecule has 2 saturated heterocycles. The molecule has 1 unspecified atom stereocenters. The first-order chi connectivity index (χ1) is 14.6. The zero-order chi connectivity index (χ0) is 20.7. The van der Waals surface area contributed by atoms with Crippen LogP contribution in [0, 0.1) is 5.41 Å². The number of hydrogen-bond acceptors (Lipinski definition) is 4. The molecular weight excluding hydrogens is 378 g/mol. The topological polar surface area (TPSA) is 71.3 Å². The highest BCUT2D eigenvalue weighted by Gasteiger charge is 2.62. The first-order valence-electron chi connectivity index (χ1n) is 11.1. The van der Waals surface area contributed by atoms with Crippen molar-refractivity contribution in [1.29, 1.82) is 0 Å². The number of carbonyl (C=O) groups is 2. The number of nitrogens with zero attached hydrogens (tertiary/aromatic N) is 5. The molecule has 3 aliphatic rings. The molecule has 2 aliphatic heterocycles. The van der Waals surface area contributed by atoms with Crippen LogP contribution in [0.3, 0.4) is 0 Å². The molecule has 30 heavy (non-hydrogen) atoms. The Morgan fingerprint density at radius 3 is 2.37 bits per heavy atom. The number of aryl methyl sites for hydroxylation is 1.